The van der Waals surface area contributed by atoms with Crippen LogP contribution in [0.5, 0.6) is 0 Å². The van der Waals surface area contributed by atoms with Crippen molar-refractivity contribution in [2.24, 2.45) is 0 Å². The summed E-state index contributed by atoms with van der Waals surface area (Å²) in [7, 11) is -3.20. The van der Waals surface area contributed by atoms with Crippen molar-refractivity contribution in [1.82, 2.24) is 14.5 Å². The molecule has 0 bridgehead atoms. The molecule has 0 unspecified atom stereocenters. The van der Waals surface area contributed by atoms with E-state index in [1.807, 2.05) is 32.9 Å². The van der Waals surface area contributed by atoms with Gasteiger partial charge in [-0.2, -0.15) is 0 Å². The summed E-state index contributed by atoms with van der Waals surface area (Å²) in [4.78, 5) is 28.1. The second kappa shape index (κ2) is 8.91. The van der Waals surface area contributed by atoms with Gasteiger partial charge in [0, 0.05) is 38.3 Å². The van der Waals surface area contributed by atoms with Crippen molar-refractivity contribution in [1.29, 1.82) is 0 Å². The molecule has 2 rings (SSSR count). The molecule has 0 aliphatic carbocycles. The maximum atomic E-state index is 12.7. The summed E-state index contributed by atoms with van der Waals surface area (Å²) in [5, 5.41) is 0. The van der Waals surface area contributed by atoms with Gasteiger partial charge in [-0.25, -0.2) is 17.9 Å². The molecule has 0 saturated carbocycles. The highest BCUT2D eigenvalue weighted by atomic mass is 32.2. The second-order valence-corrected chi connectivity index (χ2v) is 9.71. The maximum Gasteiger partial charge on any atom is 0.410 e. The summed E-state index contributed by atoms with van der Waals surface area (Å²) in [6.45, 7) is 7.59. The van der Waals surface area contributed by atoms with E-state index in [0.29, 0.717) is 44.7 Å². The van der Waals surface area contributed by atoms with Crippen molar-refractivity contribution in [3.63, 3.8) is 0 Å². The quantitative estimate of drug-likeness (QED) is 0.792. The number of ether oxygens (including phenoxy) is 1. The van der Waals surface area contributed by atoms with Gasteiger partial charge in [0.15, 0.2) is 0 Å². The number of nitrogens with one attached hydrogen (secondary N) is 1. The predicted molar refractivity (Wildman–Crippen MR) is 107 cm³/mol. The van der Waals surface area contributed by atoms with Crippen LogP contribution in [0, 0.1) is 0 Å². The zero-order valence-corrected chi connectivity index (χ0v) is 17.7. The molecule has 1 aliphatic rings. The van der Waals surface area contributed by atoms with Crippen LogP contribution in [0.15, 0.2) is 24.3 Å². The number of piperazine rings is 1. The van der Waals surface area contributed by atoms with Crippen LogP contribution in [0.3, 0.4) is 0 Å². The highest BCUT2D eigenvalue weighted by molar-refractivity contribution is 7.88. The number of rotatable bonds is 5. The molecule has 1 fully saturated rings. The van der Waals surface area contributed by atoms with E-state index in [4.69, 9.17) is 4.74 Å². The third-order valence-electron chi connectivity index (χ3n) is 4.20. The first-order valence-electron chi connectivity index (χ1n) is 9.25. The van der Waals surface area contributed by atoms with E-state index in [0.717, 1.165) is 11.8 Å². The van der Waals surface area contributed by atoms with Crippen LogP contribution in [0.2, 0.25) is 0 Å². The molecule has 1 aromatic carbocycles. The number of benzene rings is 1. The summed E-state index contributed by atoms with van der Waals surface area (Å²) in [6, 6.07) is 7.15. The van der Waals surface area contributed by atoms with Crippen molar-refractivity contribution >= 4 is 22.0 Å². The van der Waals surface area contributed by atoms with E-state index in [-0.39, 0.29) is 12.0 Å². The van der Waals surface area contributed by atoms with E-state index >= 15 is 0 Å². The Balaban J connectivity index is 1.85. The number of sulfonamides is 1. The Kier molecular flexibility index (Phi) is 7.06. The van der Waals surface area contributed by atoms with Gasteiger partial charge in [0.2, 0.25) is 10.0 Å². The lowest BCUT2D eigenvalue weighted by Gasteiger charge is -2.35. The largest absolute Gasteiger partial charge is 0.444 e. The van der Waals surface area contributed by atoms with E-state index in [1.54, 1.807) is 21.9 Å². The normalized spacial score (nSPS) is 15.4. The van der Waals surface area contributed by atoms with Crippen LogP contribution in [-0.4, -0.2) is 74.8 Å². The Bertz CT molecular complexity index is 792. The first kappa shape index (κ1) is 22.2. The number of nitrogens with zero attached hydrogens (tertiary/aromatic N) is 2. The van der Waals surface area contributed by atoms with Crippen LogP contribution < -0.4 is 4.72 Å². The highest BCUT2D eigenvalue weighted by Crippen LogP contribution is 2.14. The summed E-state index contributed by atoms with van der Waals surface area (Å²) in [5.74, 6) is -0.0790. The van der Waals surface area contributed by atoms with Gasteiger partial charge in [-0.05, 0) is 44.9 Å². The van der Waals surface area contributed by atoms with Crippen molar-refractivity contribution in [3.8, 4) is 0 Å². The average molecular weight is 412 g/mol. The SMILES string of the molecule is CC(C)(C)OC(=O)N1CCN(C(=O)c2ccc(CCNS(C)(=O)=O)cc2)CC1. The molecule has 9 heteroatoms. The number of hydrogen-bond donors (Lipinski definition) is 1. The summed E-state index contributed by atoms with van der Waals surface area (Å²) < 4.78 is 30.0. The molecule has 1 aliphatic heterocycles. The maximum absolute atomic E-state index is 12.7. The molecule has 28 heavy (non-hydrogen) atoms. The fraction of sp³-hybridized carbons (Fsp3) is 0.579. The number of amides is 2. The molecular formula is C19H29N3O5S. The second-order valence-electron chi connectivity index (χ2n) is 7.87. The van der Waals surface area contributed by atoms with Gasteiger partial charge in [0.1, 0.15) is 5.60 Å². The Hall–Kier alpha value is -2.13. The smallest absolute Gasteiger partial charge is 0.410 e. The van der Waals surface area contributed by atoms with Gasteiger partial charge in [-0.15, -0.1) is 0 Å². The molecule has 2 amide bonds. The molecule has 0 radical (unpaired) electrons. The molecule has 1 heterocycles. The summed E-state index contributed by atoms with van der Waals surface area (Å²) in [5.41, 5.74) is 0.982. The molecule has 0 aromatic heterocycles. The Morgan fingerprint density at radius 1 is 1.04 bits per heavy atom. The van der Waals surface area contributed by atoms with Gasteiger partial charge in [0.25, 0.3) is 5.91 Å². The predicted octanol–water partition coefficient (Wildman–Crippen LogP) is 1.47. The van der Waals surface area contributed by atoms with E-state index in [9.17, 15) is 18.0 Å². The van der Waals surface area contributed by atoms with Crippen molar-refractivity contribution < 1.29 is 22.7 Å². The minimum absolute atomic E-state index is 0.0790. The van der Waals surface area contributed by atoms with Gasteiger partial charge < -0.3 is 14.5 Å². The van der Waals surface area contributed by atoms with Gasteiger partial charge in [-0.1, -0.05) is 12.1 Å². The fourth-order valence-corrected chi connectivity index (χ4v) is 3.27. The first-order valence-corrected chi connectivity index (χ1v) is 11.1. The highest BCUT2D eigenvalue weighted by Gasteiger charge is 2.28. The van der Waals surface area contributed by atoms with Crippen LogP contribution in [0.1, 0.15) is 36.7 Å². The number of hydrogen-bond acceptors (Lipinski definition) is 5. The molecule has 1 N–H and O–H groups in total. The lowest BCUT2D eigenvalue weighted by molar-refractivity contribution is 0.0141. The van der Waals surface area contributed by atoms with Crippen molar-refractivity contribution in [2.45, 2.75) is 32.8 Å². The van der Waals surface area contributed by atoms with Crippen LogP contribution >= 0.6 is 0 Å². The third kappa shape index (κ3) is 7.12. The zero-order valence-electron chi connectivity index (χ0n) is 16.9. The summed E-state index contributed by atoms with van der Waals surface area (Å²) in [6.07, 6.45) is 1.32. The van der Waals surface area contributed by atoms with Gasteiger partial charge >= 0.3 is 6.09 Å². The first-order chi connectivity index (χ1) is 12.9. The number of carbonyl (C=O) groups is 2. The molecule has 0 atom stereocenters. The zero-order chi connectivity index (χ0) is 20.9. The van der Waals surface area contributed by atoms with E-state index in [2.05, 4.69) is 4.72 Å². The van der Waals surface area contributed by atoms with Crippen LogP contribution in [0.4, 0.5) is 4.79 Å². The Labute approximate surface area is 166 Å². The lowest BCUT2D eigenvalue weighted by atomic mass is 10.1. The topological polar surface area (TPSA) is 96.0 Å². The Morgan fingerprint density at radius 3 is 2.07 bits per heavy atom. The molecule has 8 nitrogen and oxygen atoms in total. The minimum atomic E-state index is -3.20. The van der Waals surface area contributed by atoms with Crippen molar-refractivity contribution in [2.75, 3.05) is 39.0 Å². The number of carbonyl (C=O) groups excluding carboxylic acids is 2. The Morgan fingerprint density at radius 2 is 1.57 bits per heavy atom. The van der Waals surface area contributed by atoms with Crippen LogP contribution in [-0.2, 0) is 21.2 Å². The van der Waals surface area contributed by atoms with Crippen molar-refractivity contribution in [3.05, 3.63) is 35.4 Å². The monoisotopic (exact) mass is 411 g/mol. The molecule has 0 spiro atoms. The minimum Gasteiger partial charge on any atom is -0.444 e. The standard InChI is InChI=1S/C19H29N3O5S/c1-19(2,3)27-18(24)22-13-11-21(12-14-22)17(23)16-7-5-15(6-8-16)9-10-20-28(4,25)26/h5-8,20H,9-14H2,1-4H3. The van der Waals surface area contributed by atoms with Crippen LogP contribution in [0.25, 0.3) is 0 Å². The van der Waals surface area contributed by atoms with Gasteiger partial charge in [0.05, 0.1) is 6.26 Å². The average Bonchev–Trinajstić information content (AvgIpc) is 2.59. The molecule has 156 valence electrons. The molecule has 1 aromatic rings. The lowest BCUT2D eigenvalue weighted by Crippen LogP contribution is -2.51. The summed E-state index contributed by atoms with van der Waals surface area (Å²) >= 11 is 0. The van der Waals surface area contributed by atoms with E-state index in [1.165, 1.54) is 0 Å². The van der Waals surface area contributed by atoms with Gasteiger partial charge in [-0.3, -0.25) is 4.79 Å². The molecule has 1 saturated heterocycles. The fourth-order valence-electron chi connectivity index (χ4n) is 2.80. The molecular weight excluding hydrogens is 382 g/mol. The third-order valence-corrected chi connectivity index (χ3v) is 4.93. The van der Waals surface area contributed by atoms with E-state index < -0.39 is 15.6 Å².